The molecule has 0 bridgehead atoms. The van der Waals surface area contributed by atoms with Gasteiger partial charge >= 0.3 is 5.97 Å². The molecule has 0 unspecified atom stereocenters. The molecular weight excluding hydrogens is 354 g/mol. The van der Waals surface area contributed by atoms with Crippen molar-refractivity contribution >= 4 is 23.9 Å². The molecule has 3 aromatic rings. The highest BCUT2D eigenvalue weighted by Crippen LogP contribution is 2.28. The Labute approximate surface area is 163 Å². The molecule has 5 heteroatoms. The summed E-state index contributed by atoms with van der Waals surface area (Å²) in [5.74, 6) is 0.448. The highest BCUT2D eigenvalue weighted by Gasteiger charge is 2.08. The van der Waals surface area contributed by atoms with Gasteiger partial charge in [0.2, 0.25) is 0 Å². The highest BCUT2D eigenvalue weighted by molar-refractivity contribution is 5.89. The predicted molar refractivity (Wildman–Crippen MR) is 109 cm³/mol. The van der Waals surface area contributed by atoms with Gasteiger partial charge in [0.25, 0.3) is 0 Å². The number of phenolic OH excluding ortho intramolecular Hbond substituents is 1. The largest absolute Gasteiger partial charge is 0.508 e. The van der Waals surface area contributed by atoms with Gasteiger partial charge in [0.15, 0.2) is 11.5 Å². The second kappa shape index (κ2) is 9.19. The molecule has 1 N–H and O–H groups in total. The van der Waals surface area contributed by atoms with Crippen molar-refractivity contribution in [3.8, 4) is 17.2 Å². The third kappa shape index (κ3) is 5.32. The van der Waals surface area contributed by atoms with Crippen LogP contribution in [0.3, 0.4) is 0 Å². The van der Waals surface area contributed by atoms with Gasteiger partial charge in [-0.15, -0.1) is 0 Å². The minimum absolute atomic E-state index is 0.188. The summed E-state index contributed by atoms with van der Waals surface area (Å²) < 4.78 is 10.7. The van der Waals surface area contributed by atoms with E-state index in [0.29, 0.717) is 17.2 Å². The van der Waals surface area contributed by atoms with E-state index < -0.39 is 5.97 Å². The van der Waals surface area contributed by atoms with Crippen LogP contribution < -0.4 is 9.47 Å². The number of methoxy groups -OCH3 is 1. The molecule has 3 aromatic carbocycles. The van der Waals surface area contributed by atoms with Crippen LogP contribution in [0.2, 0.25) is 0 Å². The minimum atomic E-state index is -0.493. The SMILES string of the molecule is COc1cc(/C=N/c2ccc(O)cc2)ccc1OC(=O)/C=C/c1ccccc1. The molecular formula is C23H19NO4. The first-order valence-electron chi connectivity index (χ1n) is 8.60. The van der Waals surface area contributed by atoms with Gasteiger partial charge in [0, 0.05) is 12.3 Å². The second-order valence-corrected chi connectivity index (χ2v) is 5.85. The Balaban J connectivity index is 1.69. The normalized spacial score (nSPS) is 11.0. The molecule has 0 saturated carbocycles. The van der Waals surface area contributed by atoms with Gasteiger partial charge in [-0.1, -0.05) is 30.3 Å². The average Bonchev–Trinajstić information content (AvgIpc) is 2.73. The van der Waals surface area contributed by atoms with E-state index >= 15 is 0 Å². The van der Waals surface area contributed by atoms with Crippen molar-refractivity contribution in [2.45, 2.75) is 0 Å². The van der Waals surface area contributed by atoms with E-state index in [-0.39, 0.29) is 5.75 Å². The summed E-state index contributed by atoms with van der Waals surface area (Å²) in [6.45, 7) is 0. The van der Waals surface area contributed by atoms with E-state index in [9.17, 15) is 9.90 Å². The zero-order valence-corrected chi connectivity index (χ0v) is 15.3. The van der Waals surface area contributed by atoms with Crippen LogP contribution in [0.15, 0.2) is 83.9 Å². The number of hydrogen-bond acceptors (Lipinski definition) is 5. The van der Waals surface area contributed by atoms with Gasteiger partial charge < -0.3 is 14.6 Å². The van der Waals surface area contributed by atoms with E-state index in [0.717, 1.165) is 11.1 Å². The van der Waals surface area contributed by atoms with Gasteiger partial charge in [0.1, 0.15) is 5.75 Å². The number of hydrogen-bond donors (Lipinski definition) is 1. The fourth-order valence-electron chi connectivity index (χ4n) is 2.41. The summed E-state index contributed by atoms with van der Waals surface area (Å²) in [7, 11) is 1.51. The summed E-state index contributed by atoms with van der Waals surface area (Å²) in [6.07, 6.45) is 4.72. The summed E-state index contributed by atoms with van der Waals surface area (Å²) >= 11 is 0. The fraction of sp³-hybridized carbons (Fsp3) is 0.0435. The molecule has 0 amide bonds. The summed E-state index contributed by atoms with van der Waals surface area (Å²) in [5.41, 5.74) is 2.40. The molecule has 0 aromatic heterocycles. The zero-order valence-electron chi connectivity index (χ0n) is 15.3. The van der Waals surface area contributed by atoms with Crippen LogP contribution in [0.25, 0.3) is 6.08 Å². The Kier molecular flexibility index (Phi) is 6.21. The number of carbonyl (C=O) groups excluding carboxylic acids is 1. The molecule has 0 heterocycles. The lowest BCUT2D eigenvalue weighted by atomic mass is 10.2. The van der Waals surface area contributed by atoms with Crippen molar-refractivity contribution in [1.82, 2.24) is 0 Å². The van der Waals surface area contributed by atoms with Crippen molar-refractivity contribution in [3.05, 3.63) is 90.0 Å². The monoisotopic (exact) mass is 373 g/mol. The topological polar surface area (TPSA) is 68.1 Å². The van der Waals surface area contributed by atoms with Crippen LogP contribution in [0, 0.1) is 0 Å². The Morgan fingerprint density at radius 3 is 2.39 bits per heavy atom. The summed E-state index contributed by atoms with van der Waals surface area (Å²) in [5, 5.41) is 9.30. The number of benzene rings is 3. The van der Waals surface area contributed by atoms with E-state index in [2.05, 4.69) is 4.99 Å². The highest BCUT2D eigenvalue weighted by atomic mass is 16.6. The van der Waals surface area contributed by atoms with Gasteiger partial charge in [0.05, 0.1) is 12.8 Å². The zero-order chi connectivity index (χ0) is 19.8. The predicted octanol–water partition coefficient (Wildman–Crippen LogP) is 4.77. The number of nitrogens with zero attached hydrogens (tertiary/aromatic N) is 1. The average molecular weight is 373 g/mol. The van der Waals surface area contributed by atoms with E-state index in [1.54, 1.807) is 54.8 Å². The van der Waals surface area contributed by atoms with Gasteiger partial charge in [-0.3, -0.25) is 4.99 Å². The number of esters is 1. The van der Waals surface area contributed by atoms with E-state index in [1.807, 2.05) is 30.3 Å². The van der Waals surface area contributed by atoms with Crippen LogP contribution in [0.5, 0.6) is 17.2 Å². The quantitative estimate of drug-likeness (QED) is 0.292. The number of phenols is 1. The Hall–Kier alpha value is -3.86. The van der Waals surface area contributed by atoms with Gasteiger partial charge in [-0.25, -0.2) is 4.79 Å². The lowest BCUT2D eigenvalue weighted by Gasteiger charge is -2.08. The lowest BCUT2D eigenvalue weighted by molar-refractivity contribution is -0.129. The number of aromatic hydroxyl groups is 1. The standard InChI is InChI=1S/C23H19NO4/c1-27-22-15-18(16-24-19-9-11-20(25)12-10-19)7-13-21(22)28-23(26)14-8-17-5-3-2-4-6-17/h2-16,25H,1H3/b14-8+,24-16+. The number of ether oxygens (including phenoxy) is 2. The first-order chi connectivity index (χ1) is 13.6. The third-order valence-electron chi connectivity index (χ3n) is 3.82. The molecule has 28 heavy (non-hydrogen) atoms. The third-order valence-corrected chi connectivity index (χ3v) is 3.82. The molecule has 140 valence electrons. The molecule has 0 aliphatic heterocycles. The number of carbonyl (C=O) groups is 1. The fourth-order valence-corrected chi connectivity index (χ4v) is 2.41. The van der Waals surface area contributed by atoms with Crippen molar-refractivity contribution in [1.29, 1.82) is 0 Å². The Morgan fingerprint density at radius 1 is 0.929 bits per heavy atom. The first-order valence-corrected chi connectivity index (χ1v) is 8.60. The Morgan fingerprint density at radius 2 is 1.68 bits per heavy atom. The molecule has 5 nitrogen and oxygen atoms in total. The van der Waals surface area contributed by atoms with Crippen molar-refractivity contribution in [2.24, 2.45) is 4.99 Å². The van der Waals surface area contributed by atoms with E-state index in [1.165, 1.54) is 13.2 Å². The van der Waals surface area contributed by atoms with Crippen LogP contribution in [-0.4, -0.2) is 24.4 Å². The molecule has 3 rings (SSSR count). The van der Waals surface area contributed by atoms with Gasteiger partial charge in [-0.2, -0.15) is 0 Å². The van der Waals surface area contributed by atoms with Crippen LogP contribution in [0.4, 0.5) is 5.69 Å². The van der Waals surface area contributed by atoms with Crippen LogP contribution in [-0.2, 0) is 4.79 Å². The number of rotatable bonds is 6. The van der Waals surface area contributed by atoms with E-state index in [4.69, 9.17) is 9.47 Å². The second-order valence-electron chi connectivity index (χ2n) is 5.85. The van der Waals surface area contributed by atoms with Crippen LogP contribution >= 0.6 is 0 Å². The summed E-state index contributed by atoms with van der Waals surface area (Å²) in [4.78, 5) is 16.4. The van der Waals surface area contributed by atoms with Crippen LogP contribution in [0.1, 0.15) is 11.1 Å². The first kappa shape index (κ1) is 18.9. The minimum Gasteiger partial charge on any atom is -0.508 e. The lowest BCUT2D eigenvalue weighted by Crippen LogP contribution is -2.05. The maximum atomic E-state index is 12.1. The molecule has 0 spiro atoms. The molecule has 0 aliphatic carbocycles. The number of aliphatic imine (C=N–C) groups is 1. The van der Waals surface area contributed by atoms with Crippen molar-refractivity contribution in [3.63, 3.8) is 0 Å². The molecule has 0 aliphatic rings. The van der Waals surface area contributed by atoms with Gasteiger partial charge in [-0.05, 0) is 59.7 Å². The summed E-state index contributed by atoms with van der Waals surface area (Å²) in [6, 6.07) is 21.2. The maximum Gasteiger partial charge on any atom is 0.336 e. The smallest absolute Gasteiger partial charge is 0.336 e. The molecule has 0 radical (unpaired) electrons. The molecule has 0 atom stereocenters. The maximum absolute atomic E-state index is 12.1. The van der Waals surface area contributed by atoms with Crippen molar-refractivity contribution in [2.75, 3.05) is 7.11 Å². The Bertz CT molecular complexity index is 993. The van der Waals surface area contributed by atoms with Crippen molar-refractivity contribution < 1.29 is 19.4 Å². The molecule has 0 fully saturated rings. The molecule has 0 saturated heterocycles.